The van der Waals surface area contributed by atoms with Crippen molar-refractivity contribution in [1.29, 1.82) is 0 Å². The van der Waals surface area contributed by atoms with Crippen molar-refractivity contribution < 1.29 is 14.6 Å². The van der Waals surface area contributed by atoms with Crippen LogP contribution in [0.2, 0.25) is 0 Å². The number of amides is 1. The molecule has 4 rings (SSSR count). The van der Waals surface area contributed by atoms with E-state index in [1.807, 2.05) is 18.9 Å². The van der Waals surface area contributed by atoms with Crippen LogP contribution in [0.15, 0.2) is 12.2 Å². The SMILES string of the molecule is CCOC[C@@H]1C[C@H]2[C@@H]3CC[C@H]4N(C)C(=O)C=C[C@]4(C)[C@H]3CC[C@]2(C)[C@H]1O. The van der Waals surface area contributed by atoms with Crippen LogP contribution in [0.3, 0.4) is 0 Å². The molecule has 0 unspecified atom stereocenters. The fraction of sp³-hybridized carbons (Fsp3) is 0.864. The number of carbonyl (C=O) groups is 1. The van der Waals surface area contributed by atoms with Crippen molar-refractivity contribution in [2.45, 2.75) is 65.0 Å². The van der Waals surface area contributed by atoms with Gasteiger partial charge in [-0.3, -0.25) is 4.79 Å². The van der Waals surface area contributed by atoms with Gasteiger partial charge in [0.15, 0.2) is 0 Å². The normalized spacial score (nSPS) is 50.3. The molecule has 0 spiro atoms. The molecule has 8 atom stereocenters. The van der Waals surface area contributed by atoms with Crippen molar-refractivity contribution in [2.24, 2.45) is 34.5 Å². The van der Waals surface area contributed by atoms with Crippen molar-refractivity contribution in [3.63, 3.8) is 0 Å². The van der Waals surface area contributed by atoms with Gasteiger partial charge >= 0.3 is 0 Å². The fourth-order valence-electron chi connectivity index (χ4n) is 7.32. The highest BCUT2D eigenvalue weighted by Gasteiger charge is 2.62. The summed E-state index contributed by atoms with van der Waals surface area (Å²) < 4.78 is 5.69. The molecule has 26 heavy (non-hydrogen) atoms. The van der Waals surface area contributed by atoms with E-state index in [0.717, 1.165) is 32.3 Å². The van der Waals surface area contributed by atoms with E-state index in [4.69, 9.17) is 4.74 Å². The zero-order valence-corrected chi connectivity index (χ0v) is 16.8. The predicted octanol–water partition coefficient (Wildman–Crippen LogP) is 3.25. The Hall–Kier alpha value is -0.870. The topological polar surface area (TPSA) is 49.8 Å². The van der Waals surface area contributed by atoms with E-state index in [-0.39, 0.29) is 28.8 Å². The summed E-state index contributed by atoms with van der Waals surface area (Å²) in [7, 11) is 1.97. The number of rotatable bonds is 3. The molecule has 1 N–H and O–H groups in total. The summed E-state index contributed by atoms with van der Waals surface area (Å²) in [6, 6.07) is 0.330. The first kappa shape index (κ1) is 18.5. The lowest BCUT2D eigenvalue weighted by atomic mass is 9.48. The van der Waals surface area contributed by atoms with E-state index in [0.29, 0.717) is 30.4 Å². The minimum absolute atomic E-state index is 0.0340. The molecule has 1 aliphatic heterocycles. The number of fused-ring (bicyclic) bond motifs is 5. The minimum Gasteiger partial charge on any atom is -0.392 e. The minimum atomic E-state index is -0.239. The Morgan fingerprint density at radius 1 is 1.27 bits per heavy atom. The maximum absolute atomic E-state index is 12.2. The van der Waals surface area contributed by atoms with Gasteiger partial charge in [-0.1, -0.05) is 19.9 Å². The van der Waals surface area contributed by atoms with Gasteiger partial charge in [0.2, 0.25) is 5.91 Å². The van der Waals surface area contributed by atoms with E-state index in [2.05, 4.69) is 19.9 Å². The van der Waals surface area contributed by atoms with Gasteiger partial charge in [-0.05, 0) is 68.3 Å². The number of ether oxygens (including phenoxy) is 1. The molecule has 1 amide bonds. The second kappa shape index (κ2) is 6.34. The van der Waals surface area contributed by atoms with Crippen LogP contribution in [0, 0.1) is 34.5 Å². The fourth-order valence-corrected chi connectivity index (χ4v) is 7.32. The number of aliphatic hydroxyl groups excluding tert-OH is 1. The van der Waals surface area contributed by atoms with Gasteiger partial charge in [-0.25, -0.2) is 0 Å². The Kier molecular flexibility index (Phi) is 4.51. The van der Waals surface area contributed by atoms with Crippen LogP contribution in [-0.2, 0) is 9.53 Å². The number of carbonyl (C=O) groups excluding carboxylic acids is 1. The molecule has 3 fully saturated rings. The summed E-state index contributed by atoms with van der Waals surface area (Å²) in [4.78, 5) is 14.1. The van der Waals surface area contributed by atoms with Gasteiger partial charge in [0.1, 0.15) is 0 Å². The Bertz CT molecular complexity index is 604. The number of likely N-dealkylation sites (N-methyl/N-ethyl adjacent to an activating group) is 1. The molecule has 0 radical (unpaired) electrons. The van der Waals surface area contributed by atoms with Crippen molar-refractivity contribution in [3.05, 3.63) is 12.2 Å². The summed E-state index contributed by atoms with van der Waals surface area (Å²) >= 11 is 0. The van der Waals surface area contributed by atoms with E-state index < -0.39 is 0 Å². The van der Waals surface area contributed by atoms with E-state index >= 15 is 0 Å². The van der Waals surface area contributed by atoms with E-state index in [1.165, 1.54) is 6.42 Å². The number of aliphatic hydroxyl groups is 1. The number of nitrogens with zero attached hydrogens (tertiary/aromatic N) is 1. The number of hydrogen-bond donors (Lipinski definition) is 1. The van der Waals surface area contributed by atoms with Crippen LogP contribution in [0.25, 0.3) is 0 Å². The first-order valence-corrected chi connectivity index (χ1v) is 10.5. The van der Waals surface area contributed by atoms with Crippen molar-refractivity contribution in [3.8, 4) is 0 Å². The maximum Gasteiger partial charge on any atom is 0.246 e. The van der Waals surface area contributed by atoms with Gasteiger partial charge in [-0.2, -0.15) is 0 Å². The quantitative estimate of drug-likeness (QED) is 0.839. The smallest absolute Gasteiger partial charge is 0.246 e. The lowest BCUT2D eigenvalue weighted by Gasteiger charge is -2.60. The molecule has 4 aliphatic rings. The molecule has 0 saturated heterocycles. The Morgan fingerprint density at radius 3 is 2.77 bits per heavy atom. The van der Waals surface area contributed by atoms with Crippen molar-refractivity contribution in [1.82, 2.24) is 4.90 Å². The Labute approximate surface area is 158 Å². The summed E-state index contributed by atoms with van der Waals surface area (Å²) in [5.41, 5.74) is 0.113. The molecule has 4 heteroatoms. The molecule has 4 nitrogen and oxygen atoms in total. The summed E-state index contributed by atoms with van der Waals surface area (Å²) in [5.74, 6) is 2.28. The van der Waals surface area contributed by atoms with Crippen molar-refractivity contribution >= 4 is 5.91 Å². The van der Waals surface area contributed by atoms with Gasteiger partial charge in [0.05, 0.1) is 12.7 Å². The second-order valence-corrected chi connectivity index (χ2v) is 9.76. The second-order valence-electron chi connectivity index (χ2n) is 9.76. The first-order valence-electron chi connectivity index (χ1n) is 10.5. The molecular formula is C22H35NO3. The maximum atomic E-state index is 12.2. The first-order chi connectivity index (χ1) is 12.3. The Balaban J connectivity index is 1.62. The van der Waals surface area contributed by atoms with Crippen LogP contribution in [0.1, 0.15) is 52.9 Å². The zero-order valence-electron chi connectivity index (χ0n) is 16.8. The van der Waals surface area contributed by atoms with Crippen LogP contribution in [-0.4, -0.2) is 48.3 Å². The van der Waals surface area contributed by atoms with Crippen molar-refractivity contribution in [2.75, 3.05) is 20.3 Å². The zero-order chi connectivity index (χ0) is 18.7. The third-order valence-electron chi connectivity index (χ3n) is 8.78. The van der Waals surface area contributed by atoms with Gasteiger partial charge in [-0.15, -0.1) is 0 Å². The van der Waals surface area contributed by atoms with E-state index in [9.17, 15) is 9.90 Å². The van der Waals surface area contributed by atoms with Gasteiger partial charge in [0.25, 0.3) is 0 Å². The molecule has 1 heterocycles. The highest BCUT2D eigenvalue weighted by atomic mass is 16.5. The van der Waals surface area contributed by atoms with Gasteiger partial charge < -0.3 is 14.7 Å². The Morgan fingerprint density at radius 2 is 2.04 bits per heavy atom. The predicted molar refractivity (Wildman–Crippen MR) is 101 cm³/mol. The van der Waals surface area contributed by atoms with Crippen LogP contribution in [0.4, 0.5) is 0 Å². The summed E-state index contributed by atoms with van der Waals surface area (Å²) in [6.45, 7) is 8.14. The molecule has 0 bridgehead atoms. The average Bonchev–Trinajstić information content (AvgIpc) is 2.88. The molecule has 0 aromatic rings. The largest absolute Gasteiger partial charge is 0.392 e. The monoisotopic (exact) mass is 361 g/mol. The molecule has 146 valence electrons. The third-order valence-corrected chi connectivity index (χ3v) is 8.78. The molecule has 3 saturated carbocycles. The number of hydrogen-bond acceptors (Lipinski definition) is 3. The van der Waals surface area contributed by atoms with Crippen LogP contribution < -0.4 is 0 Å². The molecular weight excluding hydrogens is 326 g/mol. The molecule has 0 aromatic heterocycles. The summed E-state index contributed by atoms with van der Waals surface area (Å²) in [6.07, 6.45) is 9.41. The average molecular weight is 362 g/mol. The lowest BCUT2D eigenvalue weighted by molar-refractivity contribution is -0.140. The summed E-state index contributed by atoms with van der Waals surface area (Å²) in [5, 5.41) is 11.1. The standard InChI is InChI=1S/C22H35NO3/c1-5-26-13-14-12-17-15-6-7-18-21(2,11-9-19(24)23(18)4)16(15)8-10-22(17,3)20(14)25/h9,11,14-18,20,25H,5-8,10,12-13H2,1-4H3/t14-,15+,16-,17-,18+,20-,21+,22-/m0/s1. The molecule has 0 aromatic carbocycles. The molecule has 3 aliphatic carbocycles. The highest BCUT2D eigenvalue weighted by Crippen LogP contribution is 2.64. The highest BCUT2D eigenvalue weighted by molar-refractivity contribution is 5.89. The third kappa shape index (κ3) is 2.44. The van der Waals surface area contributed by atoms with Crippen LogP contribution >= 0.6 is 0 Å². The van der Waals surface area contributed by atoms with E-state index in [1.54, 1.807) is 6.08 Å². The van der Waals surface area contributed by atoms with Crippen LogP contribution in [0.5, 0.6) is 0 Å². The lowest BCUT2D eigenvalue weighted by Crippen LogP contribution is -2.59. The van der Waals surface area contributed by atoms with Gasteiger partial charge in [0, 0.05) is 31.0 Å².